The molecule has 1 atom stereocenters. The number of imidazole rings is 1. The first kappa shape index (κ1) is 23.3. The first-order chi connectivity index (χ1) is 17.6. The minimum atomic E-state index is 0.0110. The number of piperazine rings is 1. The van der Waals surface area contributed by atoms with Crippen molar-refractivity contribution < 1.29 is 4.79 Å². The van der Waals surface area contributed by atoms with Crippen LogP contribution < -0.4 is 9.80 Å². The third kappa shape index (κ3) is 4.31. The fourth-order valence-corrected chi connectivity index (χ4v) is 6.31. The number of hydrogen-bond donors (Lipinski definition) is 0. The van der Waals surface area contributed by atoms with Crippen LogP contribution in [0.3, 0.4) is 0 Å². The van der Waals surface area contributed by atoms with Gasteiger partial charge in [0.2, 0.25) is 5.91 Å². The Hall–Kier alpha value is -3.16. The molecule has 0 N–H and O–H groups in total. The van der Waals surface area contributed by atoms with Gasteiger partial charge in [0.15, 0.2) is 17.0 Å². The van der Waals surface area contributed by atoms with E-state index in [2.05, 4.69) is 61.3 Å². The highest BCUT2D eigenvalue weighted by Crippen LogP contribution is 2.30. The summed E-state index contributed by atoms with van der Waals surface area (Å²) in [5.74, 6) is 2.34. The predicted octanol–water partition coefficient (Wildman–Crippen LogP) is 3.73. The number of piperidine rings is 1. The zero-order valence-corrected chi connectivity index (χ0v) is 21.6. The van der Waals surface area contributed by atoms with Crippen molar-refractivity contribution in [2.75, 3.05) is 49.1 Å². The predicted molar refractivity (Wildman–Crippen MR) is 143 cm³/mol. The van der Waals surface area contributed by atoms with Gasteiger partial charge in [-0.15, -0.1) is 0 Å². The number of nitrogens with zero attached hydrogens (tertiary/aromatic N) is 7. The van der Waals surface area contributed by atoms with Crippen LogP contribution in [0.4, 0.5) is 11.5 Å². The average molecular weight is 488 g/mol. The van der Waals surface area contributed by atoms with Crippen LogP contribution in [0.5, 0.6) is 0 Å². The fraction of sp³-hybridized carbons (Fsp3) is 0.571. The van der Waals surface area contributed by atoms with Gasteiger partial charge in [-0.05, 0) is 51.2 Å². The molecule has 0 saturated carbocycles. The van der Waals surface area contributed by atoms with Gasteiger partial charge >= 0.3 is 0 Å². The Morgan fingerprint density at radius 1 is 0.917 bits per heavy atom. The van der Waals surface area contributed by atoms with Crippen molar-refractivity contribution in [3.8, 4) is 0 Å². The van der Waals surface area contributed by atoms with Crippen molar-refractivity contribution in [2.45, 2.75) is 58.9 Å². The van der Waals surface area contributed by atoms with Crippen LogP contribution in [-0.4, -0.2) is 69.6 Å². The molecule has 2 aromatic heterocycles. The van der Waals surface area contributed by atoms with E-state index in [1.165, 1.54) is 36.1 Å². The van der Waals surface area contributed by atoms with Gasteiger partial charge in [-0.25, -0.2) is 15.0 Å². The van der Waals surface area contributed by atoms with Gasteiger partial charge in [-0.3, -0.25) is 4.79 Å². The summed E-state index contributed by atoms with van der Waals surface area (Å²) in [6.45, 7) is 10.3. The average Bonchev–Trinajstić information content (AvgIpc) is 3.09. The quantitative estimate of drug-likeness (QED) is 0.561. The van der Waals surface area contributed by atoms with Crippen LogP contribution in [-0.2, 0) is 17.8 Å². The SMILES string of the molecule is Cc1ccc(N2CCN(C(=O)[C@@H]3CCCN(c4ncnc5c4nc4n5CCCCC4)C3)CC2)c(C)c1. The Kier molecular flexibility index (Phi) is 6.27. The van der Waals surface area contributed by atoms with Crippen molar-refractivity contribution >= 4 is 28.6 Å². The van der Waals surface area contributed by atoms with Crippen molar-refractivity contribution in [2.24, 2.45) is 5.92 Å². The molecule has 2 fully saturated rings. The highest BCUT2D eigenvalue weighted by atomic mass is 16.2. The lowest BCUT2D eigenvalue weighted by atomic mass is 9.96. The summed E-state index contributed by atoms with van der Waals surface area (Å²) in [6, 6.07) is 6.64. The lowest BCUT2D eigenvalue weighted by Crippen LogP contribution is -2.52. The van der Waals surface area contributed by atoms with Gasteiger partial charge in [0.25, 0.3) is 0 Å². The van der Waals surface area contributed by atoms with E-state index in [9.17, 15) is 4.79 Å². The first-order valence-electron chi connectivity index (χ1n) is 13.6. The van der Waals surface area contributed by atoms with E-state index in [0.29, 0.717) is 12.5 Å². The minimum Gasteiger partial charge on any atom is -0.368 e. The lowest BCUT2D eigenvalue weighted by molar-refractivity contribution is -0.136. The Morgan fingerprint density at radius 3 is 2.61 bits per heavy atom. The molecule has 8 heteroatoms. The third-order valence-electron chi connectivity index (χ3n) is 8.23. The zero-order chi connectivity index (χ0) is 24.6. The molecule has 0 aliphatic carbocycles. The van der Waals surface area contributed by atoms with Crippen molar-refractivity contribution in [3.05, 3.63) is 41.5 Å². The van der Waals surface area contributed by atoms with Gasteiger partial charge in [-0.1, -0.05) is 24.1 Å². The van der Waals surface area contributed by atoms with Crippen LogP contribution in [0, 0.1) is 19.8 Å². The molecule has 36 heavy (non-hydrogen) atoms. The summed E-state index contributed by atoms with van der Waals surface area (Å²) in [5.41, 5.74) is 5.75. The molecule has 6 rings (SSSR count). The number of carbonyl (C=O) groups excluding carboxylic acids is 1. The van der Waals surface area contributed by atoms with Gasteiger partial charge in [-0.2, -0.15) is 0 Å². The van der Waals surface area contributed by atoms with Crippen molar-refractivity contribution in [3.63, 3.8) is 0 Å². The molecule has 5 heterocycles. The largest absolute Gasteiger partial charge is 0.368 e. The molecule has 3 aliphatic rings. The second-order valence-electron chi connectivity index (χ2n) is 10.7. The molecule has 0 spiro atoms. The molecular formula is C28H37N7O. The Labute approximate surface area is 213 Å². The standard InChI is InChI=1S/C28H37N7O/c1-20-9-10-23(21(2)17-20)32-13-15-33(16-14-32)28(36)22-7-6-11-34(18-22)26-25-27(30-19-29-26)35-12-5-3-4-8-24(35)31-25/h9-10,17,19,22H,3-8,11-16,18H2,1-2H3/t22-/m1/s1. The number of hydrogen-bond acceptors (Lipinski definition) is 6. The van der Waals surface area contributed by atoms with Crippen molar-refractivity contribution in [1.29, 1.82) is 0 Å². The topological polar surface area (TPSA) is 70.4 Å². The molecule has 0 bridgehead atoms. The number of benzene rings is 1. The van der Waals surface area contributed by atoms with Crippen LogP contribution in [0.15, 0.2) is 24.5 Å². The number of aryl methyl sites for hydroxylation is 4. The molecule has 3 aromatic rings. The monoisotopic (exact) mass is 487 g/mol. The summed E-state index contributed by atoms with van der Waals surface area (Å²) in [4.78, 5) is 34.6. The zero-order valence-electron chi connectivity index (χ0n) is 21.6. The maximum absolute atomic E-state index is 13.6. The van der Waals surface area contributed by atoms with E-state index in [4.69, 9.17) is 4.98 Å². The molecule has 8 nitrogen and oxygen atoms in total. The lowest BCUT2D eigenvalue weighted by Gasteiger charge is -2.40. The van der Waals surface area contributed by atoms with E-state index in [0.717, 1.165) is 81.3 Å². The second-order valence-corrected chi connectivity index (χ2v) is 10.7. The number of amides is 1. The maximum Gasteiger partial charge on any atom is 0.227 e. The van der Waals surface area contributed by atoms with E-state index < -0.39 is 0 Å². The van der Waals surface area contributed by atoms with Crippen molar-refractivity contribution in [1.82, 2.24) is 24.4 Å². The summed E-state index contributed by atoms with van der Waals surface area (Å²) in [5, 5.41) is 0. The number of rotatable bonds is 3. The van der Waals surface area contributed by atoms with E-state index in [1.54, 1.807) is 6.33 Å². The Morgan fingerprint density at radius 2 is 1.78 bits per heavy atom. The van der Waals surface area contributed by atoms with Crippen LogP contribution in [0.1, 0.15) is 49.1 Å². The molecular weight excluding hydrogens is 450 g/mol. The number of carbonyl (C=O) groups is 1. The summed E-state index contributed by atoms with van der Waals surface area (Å²) in [6.07, 6.45) is 8.23. The Balaban J connectivity index is 1.15. The van der Waals surface area contributed by atoms with Gasteiger partial charge < -0.3 is 19.3 Å². The second kappa shape index (κ2) is 9.71. The molecule has 3 aliphatic heterocycles. The number of anilines is 2. The molecule has 0 unspecified atom stereocenters. The van der Waals surface area contributed by atoms with Gasteiger partial charge in [0, 0.05) is 57.9 Å². The van der Waals surface area contributed by atoms with E-state index in [-0.39, 0.29) is 5.92 Å². The fourth-order valence-electron chi connectivity index (χ4n) is 6.31. The van der Waals surface area contributed by atoms with E-state index >= 15 is 0 Å². The number of aromatic nitrogens is 4. The Bertz CT molecular complexity index is 1260. The highest BCUT2D eigenvalue weighted by molar-refractivity contribution is 5.85. The van der Waals surface area contributed by atoms with Crippen LogP contribution >= 0.6 is 0 Å². The van der Waals surface area contributed by atoms with Gasteiger partial charge in [0.1, 0.15) is 12.2 Å². The molecule has 0 radical (unpaired) electrons. The molecule has 2 saturated heterocycles. The minimum absolute atomic E-state index is 0.0110. The smallest absolute Gasteiger partial charge is 0.227 e. The maximum atomic E-state index is 13.6. The van der Waals surface area contributed by atoms with Crippen LogP contribution in [0.2, 0.25) is 0 Å². The third-order valence-corrected chi connectivity index (χ3v) is 8.23. The first-order valence-corrected chi connectivity index (χ1v) is 13.6. The van der Waals surface area contributed by atoms with Gasteiger partial charge in [0.05, 0.1) is 5.92 Å². The summed E-state index contributed by atoms with van der Waals surface area (Å²) < 4.78 is 2.29. The number of fused-ring (bicyclic) bond motifs is 3. The summed E-state index contributed by atoms with van der Waals surface area (Å²) in [7, 11) is 0. The van der Waals surface area contributed by atoms with E-state index in [1.807, 2.05) is 0 Å². The molecule has 1 aromatic carbocycles. The highest BCUT2D eigenvalue weighted by Gasteiger charge is 2.33. The molecule has 190 valence electrons. The normalized spacial score (nSPS) is 20.9. The molecule has 1 amide bonds. The van der Waals surface area contributed by atoms with Crippen LogP contribution in [0.25, 0.3) is 11.2 Å². The summed E-state index contributed by atoms with van der Waals surface area (Å²) >= 11 is 0.